The molecule has 9 heteroatoms. The highest BCUT2D eigenvalue weighted by molar-refractivity contribution is 7.98. The summed E-state index contributed by atoms with van der Waals surface area (Å²) in [5, 5.41) is 12.1. The Morgan fingerprint density at radius 2 is 2.00 bits per heavy atom. The van der Waals surface area contributed by atoms with E-state index in [-0.39, 0.29) is 19.3 Å². The standard InChI is InChI=1S/C18H15N3O4S2/c22-16(9-23-12-6-7-14-15(8-12)25-11-24-14)19-18-21-20-17(27-18)10-26-13-4-2-1-3-5-13/h1-8H,9-11H2,(H,19,21,22). The average Bonchev–Trinajstić information content (AvgIpc) is 3.34. The highest BCUT2D eigenvalue weighted by atomic mass is 32.2. The van der Waals surface area contributed by atoms with Gasteiger partial charge in [0.15, 0.2) is 18.1 Å². The second kappa shape index (κ2) is 8.28. The third kappa shape index (κ3) is 4.69. The molecule has 2 aromatic carbocycles. The van der Waals surface area contributed by atoms with E-state index in [1.165, 1.54) is 11.3 Å². The van der Waals surface area contributed by atoms with Crippen LogP contribution >= 0.6 is 23.1 Å². The zero-order valence-corrected chi connectivity index (χ0v) is 15.7. The van der Waals surface area contributed by atoms with Gasteiger partial charge in [0.2, 0.25) is 11.9 Å². The maximum absolute atomic E-state index is 12.0. The molecular weight excluding hydrogens is 386 g/mol. The Hall–Kier alpha value is -2.78. The lowest BCUT2D eigenvalue weighted by Gasteiger charge is -2.06. The van der Waals surface area contributed by atoms with E-state index in [2.05, 4.69) is 15.5 Å². The van der Waals surface area contributed by atoms with Crippen molar-refractivity contribution in [2.75, 3.05) is 18.7 Å². The fourth-order valence-electron chi connectivity index (χ4n) is 2.30. The number of fused-ring (bicyclic) bond motifs is 1. The molecule has 0 radical (unpaired) electrons. The highest BCUT2D eigenvalue weighted by Gasteiger charge is 2.15. The van der Waals surface area contributed by atoms with Crippen molar-refractivity contribution in [2.24, 2.45) is 0 Å². The Morgan fingerprint density at radius 1 is 1.15 bits per heavy atom. The Bertz CT molecular complexity index is 933. The van der Waals surface area contributed by atoms with E-state index in [0.717, 1.165) is 9.90 Å². The summed E-state index contributed by atoms with van der Waals surface area (Å²) in [6.07, 6.45) is 0. The van der Waals surface area contributed by atoms with Crippen LogP contribution in [0.25, 0.3) is 0 Å². The predicted molar refractivity (Wildman–Crippen MR) is 103 cm³/mol. The Labute approximate surface area is 163 Å². The van der Waals surface area contributed by atoms with E-state index < -0.39 is 0 Å². The number of nitrogens with zero attached hydrogens (tertiary/aromatic N) is 2. The molecule has 27 heavy (non-hydrogen) atoms. The lowest BCUT2D eigenvalue weighted by Crippen LogP contribution is -2.20. The third-order valence-electron chi connectivity index (χ3n) is 3.53. The topological polar surface area (TPSA) is 82.6 Å². The van der Waals surface area contributed by atoms with Crippen LogP contribution in [-0.4, -0.2) is 29.5 Å². The molecule has 1 aliphatic rings. The summed E-state index contributed by atoms with van der Waals surface area (Å²) in [6.45, 7) is 0.0640. The monoisotopic (exact) mass is 401 g/mol. The second-order valence-electron chi connectivity index (χ2n) is 5.45. The lowest BCUT2D eigenvalue weighted by molar-refractivity contribution is -0.118. The van der Waals surface area contributed by atoms with Gasteiger partial charge in [-0.15, -0.1) is 22.0 Å². The molecule has 0 saturated carbocycles. The minimum atomic E-state index is -0.300. The van der Waals surface area contributed by atoms with Crippen molar-refractivity contribution in [3.8, 4) is 17.2 Å². The molecule has 1 aliphatic heterocycles. The van der Waals surface area contributed by atoms with E-state index >= 15 is 0 Å². The fraction of sp³-hybridized carbons (Fsp3) is 0.167. The Kier molecular flexibility index (Phi) is 5.40. The van der Waals surface area contributed by atoms with Gasteiger partial charge in [0.25, 0.3) is 5.91 Å². The van der Waals surface area contributed by atoms with Crippen molar-refractivity contribution in [1.82, 2.24) is 10.2 Å². The number of aromatic nitrogens is 2. The van der Waals surface area contributed by atoms with Gasteiger partial charge in [0, 0.05) is 11.0 Å². The van der Waals surface area contributed by atoms with Crippen LogP contribution < -0.4 is 19.5 Å². The number of anilines is 1. The van der Waals surface area contributed by atoms with E-state index in [9.17, 15) is 4.79 Å². The van der Waals surface area contributed by atoms with Gasteiger partial charge in [-0.3, -0.25) is 10.1 Å². The molecule has 0 bridgehead atoms. The number of benzene rings is 2. The average molecular weight is 401 g/mol. The van der Waals surface area contributed by atoms with Crippen LogP contribution in [0.2, 0.25) is 0 Å². The maximum Gasteiger partial charge on any atom is 0.264 e. The number of hydrogen-bond donors (Lipinski definition) is 1. The molecule has 7 nitrogen and oxygen atoms in total. The van der Waals surface area contributed by atoms with Gasteiger partial charge in [-0.05, 0) is 24.3 Å². The number of carbonyl (C=O) groups excluding carboxylic acids is 1. The van der Waals surface area contributed by atoms with Crippen molar-refractivity contribution < 1.29 is 19.0 Å². The smallest absolute Gasteiger partial charge is 0.264 e. The fourth-order valence-corrected chi connectivity index (χ4v) is 3.96. The minimum Gasteiger partial charge on any atom is -0.484 e. The number of amides is 1. The quantitative estimate of drug-likeness (QED) is 0.606. The van der Waals surface area contributed by atoms with Crippen molar-refractivity contribution in [3.05, 3.63) is 53.5 Å². The first kappa shape index (κ1) is 17.6. The number of carbonyl (C=O) groups is 1. The summed E-state index contributed by atoms with van der Waals surface area (Å²) in [4.78, 5) is 13.2. The summed E-state index contributed by atoms with van der Waals surface area (Å²) >= 11 is 3.02. The number of thioether (sulfide) groups is 1. The zero-order valence-electron chi connectivity index (χ0n) is 14.1. The molecule has 4 rings (SSSR count). The van der Waals surface area contributed by atoms with Gasteiger partial charge in [-0.25, -0.2) is 0 Å². The highest BCUT2D eigenvalue weighted by Crippen LogP contribution is 2.35. The molecule has 0 fully saturated rings. The normalized spacial score (nSPS) is 12.0. The number of hydrogen-bond acceptors (Lipinski definition) is 8. The molecule has 1 amide bonds. The molecular formula is C18H15N3O4S2. The van der Waals surface area contributed by atoms with Crippen molar-refractivity contribution in [3.63, 3.8) is 0 Å². The molecule has 138 valence electrons. The summed E-state index contributed by atoms with van der Waals surface area (Å²) in [6, 6.07) is 15.2. The third-order valence-corrected chi connectivity index (χ3v) is 5.58. The van der Waals surface area contributed by atoms with Crippen molar-refractivity contribution in [1.29, 1.82) is 0 Å². The first-order valence-electron chi connectivity index (χ1n) is 8.09. The summed E-state index contributed by atoms with van der Waals surface area (Å²) in [7, 11) is 0. The molecule has 0 unspecified atom stereocenters. The molecule has 0 spiro atoms. The molecule has 1 aromatic heterocycles. The Morgan fingerprint density at radius 3 is 2.89 bits per heavy atom. The van der Waals surface area contributed by atoms with Crippen LogP contribution in [0.1, 0.15) is 5.01 Å². The van der Waals surface area contributed by atoms with Crippen molar-refractivity contribution in [2.45, 2.75) is 10.6 Å². The summed E-state index contributed by atoms with van der Waals surface area (Å²) in [5.74, 6) is 2.21. The zero-order chi connectivity index (χ0) is 18.5. The van der Waals surface area contributed by atoms with Crippen LogP contribution in [0.3, 0.4) is 0 Å². The largest absolute Gasteiger partial charge is 0.484 e. The van der Waals surface area contributed by atoms with Crippen molar-refractivity contribution >= 4 is 34.1 Å². The second-order valence-corrected chi connectivity index (χ2v) is 7.57. The lowest BCUT2D eigenvalue weighted by atomic mass is 10.3. The summed E-state index contributed by atoms with van der Waals surface area (Å²) in [5.41, 5.74) is 0. The minimum absolute atomic E-state index is 0.132. The van der Waals surface area contributed by atoms with E-state index in [4.69, 9.17) is 14.2 Å². The SMILES string of the molecule is O=C(COc1ccc2c(c1)OCO2)Nc1nnc(CSc2ccccc2)s1. The molecule has 2 heterocycles. The first-order valence-corrected chi connectivity index (χ1v) is 9.89. The van der Waals surface area contributed by atoms with Gasteiger partial charge < -0.3 is 14.2 Å². The van der Waals surface area contributed by atoms with E-state index in [1.54, 1.807) is 30.0 Å². The van der Waals surface area contributed by atoms with Crippen LogP contribution in [0.5, 0.6) is 17.2 Å². The van der Waals surface area contributed by atoms with Gasteiger partial charge in [-0.2, -0.15) is 0 Å². The first-order chi connectivity index (χ1) is 13.3. The number of nitrogens with one attached hydrogen (secondary N) is 1. The van der Waals surface area contributed by atoms with Crippen LogP contribution in [0, 0.1) is 0 Å². The number of ether oxygens (including phenoxy) is 3. The maximum atomic E-state index is 12.0. The molecule has 0 aliphatic carbocycles. The van der Waals surface area contributed by atoms with Gasteiger partial charge in [-0.1, -0.05) is 29.5 Å². The molecule has 0 saturated heterocycles. The van der Waals surface area contributed by atoms with Gasteiger partial charge in [0.1, 0.15) is 10.8 Å². The molecule has 3 aromatic rings. The van der Waals surface area contributed by atoms with Crippen LogP contribution in [-0.2, 0) is 10.5 Å². The number of rotatable bonds is 7. The molecule has 1 N–H and O–H groups in total. The predicted octanol–water partition coefficient (Wildman–Crippen LogP) is 3.58. The van der Waals surface area contributed by atoms with E-state index in [1.807, 2.05) is 30.3 Å². The van der Waals surface area contributed by atoms with Crippen LogP contribution in [0.4, 0.5) is 5.13 Å². The Balaban J connectivity index is 1.25. The van der Waals surface area contributed by atoms with Gasteiger partial charge >= 0.3 is 0 Å². The summed E-state index contributed by atoms with van der Waals surface area (Å²) < 4.78 is 16.0. The molecule has 0 atom stereocenters. The van der Waals surface area contributed by atoms with E-state index in [0.29, 0.717) is 28.1 Å². The van der Waals surface area contributed by atoms with Gasteiger partial charge in [0.05, 0.1) is 5.75 Å². The van der Waals surface area contributed by atoms with Crippen LogP contribution in [0.15, 0.2) is 53.4 Å².